The molecule has 36 heavy (non-hydrogen) atoms. The van der Waals surface area contributed by atoms with Gasteiger partial charge in [-0.25, -0.2) is 19.7 Å². The lowest BCUT2D eigenvalue weighted by atomic mass is 10.1. The summed E-state index contributed by atoms with van der Waals surface area (Å²) in [6.07, 6.45) is 4.87. The molecule has 3 heterocycles. The molecule has 2 aromatic heterocycles. The quantitative estimate of drug-likeness (QED) is 0.461. The average Bonchev–Trinajstić information content (AvgIpc) is 2.81. The van der Waals surface area contributed by atoms with Crippen LogP contribution in [0, 0.1) is 13.8 Å². The molecule has 1 aromatic carbocycles. The number of nitrogens with two attached hydrogens (primary N) is 1. The van der Waals surface area contributed by atoms with Gasteiger partial charge in [-0.3, -0.25) is 0 Å². The Morgan fingerprint density at radius 1 is 1.14 bits per heavy atom. The van der Waals surface area contributed by atoms with Gasteiger partial charge in [0.25, 0.3) is 0 Å². The van der Waals surface area contributed by atoms with E-state index in [-0.39, 0.29) is 12.1 Å². The number of aromatic nitrogens is 3. The Hall–Kier alpha value is -3.88. The Bertz CT molecular complexity index is 1220. The smallest absolute Gasteiger partial charge is 0.410 e. The molecular formula is C27H34N6O3. The van der Waals surface area contributed by atoms with E-state index in [9.17, 15) is 4.79 Å². The number of hydrogen-bond acceptors (Lipinski definition) is 8. The van der Waals surface area contributed by atoms with E-state index < -0.39 is 5.60 Å². The molecule has 9 heteroatoms. The Labute approximate surface area is 212 Å². The third kappa shape index (κ3) is 6.21. The van der Waals surface area contributed by atoms with E-state index in [0.29, 0.717) is 36.3 Å². The van der Waals surface area contributed by atoms with Gasteiger partial charge in [0.05, 0.1) is 11.3 Å². The molecule has 1 aliphatic heterocycles. The fourth-order valence-corrected chi connectivity index (χ4v) is 4.26. The van der Waals surface area contributed by atoms with Crippen LogP contribution in [0.4, 0.5) is 16.4 Å². The van der Waals surface area contributed by atoms with Crippen LogP contribution in [0.5, 0.6) is 11.6 Å². The van der Waals surface area contributed by atoms with Crippen molar-refractivity contribution in [1.82, 2.24) is 19.9 Å². The first-order chi connectivity index (χ1) is 17.1. The minimum absolute atomic E-state index is 0.0196. The molecule has 0 spiro atoms. The van der Waals surface area contributed by atoms with Gasteiger partial charge in [0, 0.05) is 37.2 Å². The maximum Gasteiger partial charge on any atom is 0.410 e. The zero-order valence-corrected chi connectivity index (χ0v) is 21.5. The molecule has 1 saturated heterocycles. The van der Waals surface area contributed by atoms with E-state index in [2.05, 4.69) is 15.3 Å². The van der Waals surface area contributed by atoms with Crippen LogP contribution in [-0.2, 0) is 4.74 Å². The van der Waals surface area contributed by atoms with Gasteiger partial charge in [0.1, 0.15) is 11.4 Å². The summed E-state index contributed by atoms with van der Waals surface area (Å²) in [5.41, 5.74) is 9.42. The highest BCUT2D eigenvalue weighted by Crippen LogP contribution is 2.34. The Kier molecular flexibility index (Phi) is 7.28. The molecule has 1 amide bonds. The van der Waals surface area contributed by atoms with Gasteiger partial charge in [-0.2, -0.15) is 0 Å². The lowest BCUT2D eigenvalue weighted by Gasteiger charge is -2.34. The van der Waals surface area contributed by atoms with Crippen LogP contribution in [0.2, 0.25) is 0 Å². The SMILES string of the molecule is Cc1cc(N)cc(C)c1Oc1ncccc1-c1ccnc(NC2CCCN(C(=O)OC(C)(C)C)C2)n1. The molecule has 4 rings (SSSR count). The lowest BCUT2D eigenvalue weighted by molar-refractivity contribution is 0.0206. The van der Waals surface area contributed by atoms with Crippen molar-refractivity contribution in [3.63, 3.8) is 0 Å². The monoisotopic (exact) mass is 490 g/mol. The summed E-state index contributed by atoms with van der Waals surface area (Å²) in [7, 11) is 0. The minimum Gasteiger partial charge on any atom is -0.444 e. The van der Waals surface area contributed by atoms with Gasteiger partial charge in [0.2, 0.25) is 11.8 Å². The van der Waals surface area contributed by atoms with E-state index in [1.807, 2.05) is 65.0 Å². The molecule has 1 atom stereocenters. The number of ether oxygens (including phenoxy) is 2. The van der Waals surface area contributed by atoms with Crippen LogP contribution in [-0.4, -0.2) is 50.7 Å². The molecule has 3 N–H and O–H groups in total. The predicted molar refractivity (Wildman–Crippen MR) is 140 cm³/mol. The number of anilines is 2. The highest BCUT2D eigenvalue weighted by Gasteiger charge is 2.28. The van der Waals surface area contributed by atoms with Crippen LogP contribution in [0.25, 0.3) is 11.3 Å². The normalized spacial score (nSPS) is 15.9. The molecule has 0 saturated carbocycles. The molecule has 1 fully saturated rings. The first-order valence-electron chi connectivity index (χ1n) is 12.2. The van der Waals surface area contributed by atoms with Gasteiger partial charge >= 0.3 is 6.09 Å². The largest absolute Gasteiger partial charge is 0.444 e. The topological polar surface area (TPSA) is 115 Å². The molecule has 190 valence electrons. The fourth-order valence-electron chi connectivity index (χ4n) is 4.26. The van der Waals surface area contributed by atoms with Crippen molar-refractivity contribution in [3.8, 4) is 22.9 Å². The number of nitrogens with zero attached hydrogens (tertiary/aromatic N) is 4. The van der Waals surface area contributed by atoms with E-state index in [1.54, 1.807) is 17.3 Å². The first kappa shape index (κ1) is 25.2. The van der Waals surface area contributed by atoms with E-state index in [4.69, 9.17) is 20.2 Å². The number of pyridine rings is 1. The van der Waals surface area contributed by atoms with E-state index >= 15 is 0 Å². The number of nitrogens with one attached hydrogen (secondary N) is 1. The van der Waals surface area contributed by atoms with Crippen molar-refractivity contribution in [3.05, 3.63) is 53.9 Å². The second kappa shape index (κ2) is 10.4. The highest BCUT2D eigenvalue weighted by atomic mass is 16.6. The number of piperidine rings is 1. The Morgan fingerprint density at radius 2 is 1.89 bits per heavy atom. The van der Waals surface area contributed by atoms with E-state index in [0.717, 1.165) is 35.3 Å². The fraction of sp³-hybridized carbons (Fsp3) is 0.407. The first-order valence-corrected chi connectivity index (χ1v) is 12.2. The zero-order chi connectivity index (χ0) is 25.9. The van der Waals surface area contributed by atoms with Crippen LogP contribution in [0.15, 0.2) is 42.7 Å². The molecule has 0 aliphatic carbocycles. The van der Waals surface area contributed by atoms with Crippen molar-refractivity contribution in [2.24, 2.45) is 0 Å². The lowest BCUT2D eigenvalue weighted by Crippen LogP contribution is -2.47. The van der Waals surface area contributed by atoms with Gasteiger partial charge < -0.3 is 25.4 Å². The number of nitrogen functional groups attached to an aromatic ring is 1. The van der Waals surface area contributed by atoms with Gasteiger partial charge in [-0.15, -0.1) is 0 Å². The molecular weight excluding hydrogens is 456 g/mol. The standard InChI is InChI=1S/C27H34N6O3/c1-17-14-19(28)15-18(2)23(17)35-24-21(9-6-11-29-24)22-10-12-30-25(32-22)31-20-8-7-13-33(16-20)26(34)36-27(3,4)5/h6,9-12,14-15,20H,7-8,13,16,28H2,1-5H3,(H,30,31,32). The molecule has 0 radical (unpaired) electrons. The number of carbonyl (C=O) groups excluding carboxylic acids is 1. The van der Waals surface area contributed by atoms with Crippen molar-refractivity contribution in [1.29, 1.82) is 0 Å². The summed E-state index contributed by atoms with van der Waals surface area (Å²) in [4.78, 5) is 27.9. The average molecular weight is 491 g/mol. The molecule has 9 nitrogen and oxygen atoms in total. The third-order valence-corrected chi connectivity index (χ3v) is 5.79. The summed E-state index contributed by atoms with van der Waals surface area (Å²) in [6.45, 7) is 10.7. The molecule has 1 unspecified atom stereocenters. The van der Waals surface area contributed by atoms with E-state index in [1.165, 1.54) is 0 Å². The number of amides is 1. The van der Waals surface area contributed by atoms with Crippen molar-refractivity contribution in [2.45, 2.75) is 59.1 Å². The van der Waals surface area contributed by atoms with Gasteiger partial charge in [0.15, 0.2) is 0 Å². The van der Waals surface area contributed by atoms with Gasteiger partial charge in [-0.1, -0.05) is 0 Å². The molecule has 3 aromatic rings. The number of rotatable bonds is 5. The van der Waals surface area contributed by atoms with Crippen molar-refractivity contribution in [2.75, 3.05) is 24.1 Å². The molecule has 1 aliphatic rings. The predicted octanol–water partition coefficient (Wildman–Crippen LogP) is 5.34. The number of likely N-dealkylation sites (tertiary alicyclic amines) is 1. The number of carbonyl (C=O) groups is 1. The highest BCUT2D eigenvalue weighted by molar-refractivity contribution is 5.69. The summed E-state index contributed by atoms with van der Waals surface area (Å²) in [6, 6.07) is 9.36. The second-order valence-electron chi connectivity index (χ2n) is 10.1. The Morgan fingerprint density at radius 3 is 2.61 bits per heavy atom. The third-order valence-electron chi connectivity index (χ3n) is 5.79. The van der Waals surface area contributed by atoms with Crippen LogP contribution >= 0.6 is 0 Å². The maximum atomic E-state index is 12.5. The van der Waals surface area contributed by atoms with Crippen LogP contribution in [0.1, 0.15) is 44.7 Å². The summed E-state index contributed by atoms with van der Waals surface area (Å²) < 4.78 is 11.8. The van der Waals surface area contributed by atoms with Gasteiger partial charge in [-0.05, 0) is 88.9 Å². The van der Waals surface area contributed by atoms with Crippen molar-refractivity contribution >= 4 is 17.7 Å². The minimum atomic E-state index is -0.526. The summed E-state index contributed by atoms with van der Waals surface area (Å²) in [5, 5.41) is 3.39. The van der Waals surface area contributed by atoms with Crippen LogP contribution in [0.3, 0.4) is 0 Å². The number of aryl methyl sites for hydroxylation is 2. The number of benzene rings is 1. The maximum absolute atomic E-state index is 12.5. The van der Waals surface area contributed by atoms with Crippen molar-refractivity contribution < 1.29 is 14.3 Å². The zero-order valence-electron chi connectivity index (χ0n) is 21.5. The van der Waals surface area contributed by atoms with Crippen LogP contribution < -0.4 is 15.8 Å². The Balaban J connectivity index is 1.52. The summed E-state index contributed by atoms with van der Waals surface area (Å²) in [5.74, 6) is 1.66. The second-order valence-corrected chi connectivity index (χ2v) is 10.1. The summed E-state index contributed by atoms with van der Waals surface area (Å²) >= 11 is 0. The number of hydrogen-bond donors (Lipinski definition) is 2. The molecule has 0 bridgehead atoms.